The molecule has 0 aromatic carbocycles. The smallest absolute Gasteiger partial charge is 0.271 e. The van der Waals surface area contributed by atoms with Crippen LogP contribution in [0.5, 0.6) is 0 Å². The Balaban J connectivity index is 1.36. The molecule has 2 aromatic rings. The highest BCUT2D eigenvalue weighted by Crippen LogP contribution is 2.23. The minimum absolute atomic E-state index is 0.0440. The molecule has 0 aliphatic carbocycles. The van der Waals surface area contributed by atoms with Crippen molar-refractivity contribution in [1.29, 1.82) is 0 Å². The first-order valence-corrected chi connectivity index (χ1v) is 10.9. The first kappa shape index (κ1) is 21.1. The second-order valence-corrected chi connectivity index (χ2v) is 8.14. The van der Waals surface area contributed by atoms with Gasteiger partial charge in [0.2, 0.25) is 5.91 Å². The summed E-state index contributed by atoms with van der Waals surface area (Å²) in [7, 11) is 1.82. The lowest BCUT2D eigenvalue weighted by molar-refractivity contribution is -0.125. The quantitative estimate of drug-likeness (QED) is 0.592. The molecular weight excluding hydrogens is 392 g/mol. The van der Waals surface area contributed by atoms with Gasteiger partial charge in [0.05, 0.1) is 0 Å². The molecule has 164 valence electrons. The summed E-state index contributed by atoms with van der Waals surface area (Å²) in [6.45, 7) is 4.37. The molecule has 0 radical (unpaired) electrons. The van der Waals surface area contributed by atoms with Crippen LogP contribution >= 0.6 is 0 Å². The number of aromatic nitrogens is 2. The van der Waals surface area contributed by atoms with Crippen molar-refractivity contribution < 1.29 is 4.79 Å². The summed E-state index contributed by atoms with van der Waals surface area (Å²) in [6, 6.07) is 5.75. The average Bonchev–Trinajstić information content (AvgIpc) is 3.47. The minimum Gasteiger partial charge on any atom is -0.376 e. The Hall–Kier alpha value is -3.13. The van der Waals surface area contributed by atoms with Crippen LogP contribution in [0.15, 0.2) is 47.5 Å². The molecule has 0 saturated carbocycles. The standard InChI is InChI=1S/C23H30N6O2/c1-24-21-14-17(6-8-25-21)18-13-20(23(31)26-15-18)27-19-7-12-29(16-19)22(30)5-4-11-28-9-2-3-10-28/h4-6,8,13-15,19,27H,2-3,7,9-12,16H2,1H3,(H,24,25)(H,26,31)/b5-4+/t19-/m1/s1. The van der Waals surface area contributed by atoms with Crippen LogP contribution in [0.4, 0.5) is 11.5 Å². The number of likely N-dealkylation sites (tertiary alicyclic amines) is 2. The third-order valence-electron chi connectivity index (χ3n) is 5.93. The fourth-order valence-electron chi connectivity index (χ4n) is 4.18. The van der Waals surface area contributed by atoms with E-state index in [0.29, 0.717) is 18.8 Å². The molecule has 1 amide bonds. The van der Waals surface area contributed by atoms with Crippen LogP contribution in [0.3, 0.4) is 0 Å². The van der Waals surface area contributed by atoms with E-state index < -0.39 is 0 Å². The zero-order chi connectivity index (χ0) is 21.6. The molecular formula is C23H30N6O2. The Kier molecular flexibility index (Phi) is 6.66. The SMILES string of the molecule is CNc1cc(-c2c[nH]c(=O)c(N[C@@H]3CCN(C(=O)/C=C/CN4CCCC4)C3)c2)ccn1. The summed E-state index contributed by atoms with van der Waals surface area (Å²) in [6.07, 6.45) is 10.4. The Morgan fingerprint density at radius 2 is 2.10 bits per heavy atom. The number of anilines is 2. The van der Waals surface area contributed by atoms with Crippen LogP contribution in [0.25, 0.3) is 11.1 Å². The number of carbonyl (C=O) groups excluding carboxylic acids is 1. The van der Waals surface area contributed by atoms with Gasteiger partial charge in [0, 0.05) is 56.8 Å². The van der Waals surface area contributed by atoms with E-state index in [1.54, 1.807) is 18.5 Å². The predicted molar refractivity (Wildman–Crippen MR) is 123 cm³/mol. The highest BCUT2D eigenvalue weighted by atomic mass is 16.2. The second kappa shape index (κ2) is 9.78. The van der Waals surface area contributed by atoms with Crippen molar-refractivity contribution in [3.63, 3.8) is 0 Å². The Morgan fingerprint density at radius 1 is 1.26 bits per heavy atom. The van der Waals surface area contributed by atoms with Crippen molar-refractivity contribution in [3.8, 4) is 11.1 Å². The van der Waals surface area contributed by atoms with Crippen LogP contribution in [0.1, 0.15) is 19.3 Å². The van der Waals surface area contributed by atoms with Gasteiger partial charge in [-0.2, -0.15) is 0 Å². The van der Waals surface area contributed by atoms with E-state index in [1.165, 1.54) is 12.8 Å². The van der Waals surface area contributed by atoms with Gasteiger partial charge in [-0.05, 0) is 56.1 Å². The van der Waals surface area contributed by atoms with E-state index in [-0.39, 0.29) is 17.5 Å². The maximum absolute atomic E-state index is 12.5. The zero-order valence-corrected chi connectivity index (χ0v) is 17.9. The van der Waals surface area contributed by atoms with Gasteiger partial charge in [-0.3, -0.25) is 14.5 Å². The number of amides is 1. The fourth-order valence-corrected chi connectivity index (χ4v) is 4.18. The topological polar surface area (TPSA) is 93.4 Å². The lowest BCUT2D eigenvalue weighted by Gasteiger charge is -2.17. The lowest BCUT2D eigenvalue weighted by atomic mass is 10.1. The van der Waals surface area contributed by atoms with Crippen LogP contribution in [0, 0.1) is 0 Å². The summed E-state index contributed by atoms with van der Waals surface area (Å²) < 4.78 is 0. The third kappa shape index (κ3) is 5.32. The number of nitrogens with zero attached hydrogens (tertiary/aromatic N) is 3. The molecule has 4 heterocycles. The Labute approximate surface area is 182 Å². The van der Waals surface area contributed by atoms with Crippen molar-refractivity contribution >= 4 is 17.4 Å². The summed E-state index contributed by atoms with van der Waals surface area (Å²) in [5.41, 5.74) is 2.22. The normalized spacial score (nSPS) is 19.3. The number of carbonyl (C=O) groups is 1. The van der Waals surface area contributed by atoms with Gasteiger partial charge in [0.15, 0.2) is 0 Å². The summed E-state index contributed by atoms with van der Waals surface area (Å²) >= 11 is 0. The molecule has 0 bridgehead atoms. The van der Waals surface area contributed by atoms with Crippen LogP contribution in [-0.2, 0) is 4.79 Å². The van der Waals surface area contributed by atoms with Crippen LogP contribution in [0.2, 0.25) is 0 Å². The number of aromatic amines is 1. The highest BCUT2D eigenvalue weighted by molar-refractivity contribution is 5.88. The van der Waals surface area contributed by atoms with Crippen LogP contribution in [-0.4, -0.2) is 71.5 Å². The summed E-state index contributed by atoms with van der Waals surface area (Å²) in [4.78, 5) is 36.1. The van der Waals surface area contributed by atoms with Gasteiger partial charge in [0.1, 0.15) is 11.5 Å². The molecule has 31 heavy (non-hydrogen) atoms. The number of pyridine rings is 2. The molecule has 8 nitrogen and oxygen atoms in total. The Bertz CT molecular complexity index is 996. The number of rotatable bonds is 7. The first-order chi connectivity index (χ1) is 15.1. The summed E-state index contributed by atoms with van der Waals surface area (Å²) in [5, 5.41) is 6.36. The van der Waals surface area contributed by atoms with E-state index in [1.807, 2.05) is 36.2 Å². The minimum atomic E-state index is -0.165. The van der Waals surface area contributed by atoms with Gasteiger partial charge < -0.3 is 20.5 Å². The summed E-state index contributed by atoms with van der Waals surface area (Å²) in [5.74, 6) is 0.809. The molecule has 0 unspecified atom stereocenters. The molecule has 3 N–H and O–H groups in total. The van der Waals surface area contributed by atoms with E-state index in [2.05, 4.69) is 25.5 Å². The van der Waals surface area contributed by atoms with Crippen molar-refractivity contribution in [2.24, 2.45) is 0 Å². The maximum atomic E-state index is 12.5. The zero-order valence-electron chi connectivity index (χ0n) is 17.9. The van der Waals surface area contributed by atoms with E-state index in [9.17, 15) is 9.59 Å². The van der Waals surface area contributed by atoms with Gasteiger partial charge in [0.25, 0.3) is 5.56 Å². The molecule has 8 heteroatoms. The highest BCUT2D eigenvalue weighted by Gasteiger charge is 2.25. The van der Waals surface area contributed by atoms with Crippen molar-refractivity contribution in [3.05, 3.63) is 53.1 Å². The van der Waals surface area contributed by atoms with Crippen LogP contribution < -0.4 is 16.2 Å². The molecule has 2 aromatic heterocycles. The van der Waals surface area contributed by atoms with E-state index in [0.717, 1.165) is 43.0 Å². The van der Waals surface area contributed by atoms with Gasteiger partial charge in [-0.25, -0.2) is 4.98 Å². The predicted octanol–water partition coefficient (Wildman–Crippen LogP) is 2.14. The Morgan fingerprint density at radius 3 is 2.90 bits per heavy atom. The second-order valence-electron chi connectivity index (χ2n) is 8.14. The molecule has 2 aliphatic heterocycles. The van der Waals surface area contributed by atoms with Gasteiger partial charge in [-0.1, -0.05) is 6.08 Å². The largest absolute Gasteiger partial charge is 0.376 e. The number of H-pyrrole nitrogens is 1. The maximum Gasteiger partial charge on any atom is 0.271 e. The van der Waals surface area contributed by atoms with Crippen molar-refractivity contribution in [1.82, 2.24) is 19.8 Å². The lowest BCUT2D eigenvalue weighted by Crippen LogP contribution is -2.31. The van der Waals surface area contributed by atoms with Gasteiger partial charge in [-0.15, -0.1) is 0 Å². The number of hydrogen-bond acceptors (Lipinski definition) is 6. The van der Waals surface area contributed by atoms with Crippen molar-refractivity contribution in [2.45, 2.75) is 25.3 Å². The number of hydrogen-bond donors (Lipinski definition) is 3. The first-order valence-electron chi connectivity index (χ1n) is 10.9. The average molecular weight is 423 g/mol. The molecule has 0 spiro atoms. The molecule has 2 saturated heterocycles. The van der Waals surface area contributed by atoms with Crippen molar-refractivity contribution in [2.75, 3.05) is 50.4 Å². The fraction of sp³-hybridized carbons (Fsp3) is 0.435. The monoisotopic (exact) mass is 422 g/mol. The van der Waals surface area contributed by atoms with Gasteiger partial charge >= 0.3 is 0 Å². The molecule has 4 rings (SSSR count). The molecule has 2 fully saturated rings. The van der Waals surface area contributed by atoms with E-state index in [4.69, 9.17) is 0 Å². The number of nitrogens with one attached hydrogen (secondary N) is 3. The molecule has 1 atom stereocenters. The van der Waals surface area contributed by atoms with E-state index >= 15 is 0 Å². The third-order valence-corrected chi connectivity index (χ3v) is 5.93. The molecule has 2 aliphatic rings.